The van der Waals surface area contributed by atoms with Crippen LogP contribution in [-0.2, 0) is 15.9 Å². The zero-order valence-corrected chi connectivity index (χ0v) is 15.0. The SMILES string of the molecule is CCN(CCCC1(C)OCCO1)C(C)Cc1ccc(OC)cc1. The van der Waals surface area contributed by atoms with Gasteiger partial charge in [0.05, 0.1) is 20.3 Å². The average Bonchev–Trinajstić information content (AvgIpc) is 2.99. The molecule has 23 heavy (non-hydrogen) atoms. The molecule has 0 aliphatic carbocycles. The average molecular weight is 321 g/mol. The molecule has 1 atom stereocenters. The van der Waals surface area contributed by atoms with Crippen LogP contribution in [0.25, 0.3) is 0 Å². The molecule has 2 rings (SSSR count). The van der Waals surface area contributed by atoms with Crippen molar-refractivity contribution in [1.29, 1.82) is 0 Å². The molecule has 0 aromatic heterocycles. The van der Waals surface area contributed by atoms with Gasteiger partial charge in [-0.15, -0.1) is 0 Å². The van der Waals surface area contributed by atoms with Gasteiger partial charge in [0.2, 0.25) is 0 Å². The van der Waals surface area contributed by atoms with Crippen LogP contribution in [0.4, 0.5) is 0 Å². The molecule has 1 saturated heterocycles. The van der Waals surface area contributed by atoms with Crippen LogP contribution in [-0.4, -0.2) is 50.1 Å². The Balaban J connectivity index is 1.79. The third-order valence-electron chi connectivity index (χ3n) is 4.69. The van der Waals surface area contributed by atoms with Crippen molar-refractivity contribution in [3.63, 3.8) is 0 Å². The molecule has 1 aromatic carbocycles. The fraction of sp³-hybridized carbons (Fsp3) is 0.684. The van der Waals surface area contributed by atoms with E-state index in [2.05, 4.69) is 37.8 Å². The lowest BCUT2D eigenvalue weighted by atomic mass is 10.0. The van der Waals surface area contributed by atoms with Crippen LogP contribution < -0.4 is 4.74 Å². The molecular weight excluding hydrogens is 290 g/mol. The number of benzene rings is 1. The monoisotopic (exact) mass is 321 g/mol. The summed E-state index contributed by atoms with van der Waals surface area (Å²) in [5.74, 6) is 0.553. The summed E-state index contributed by atoms with van der Waals surface area (Å²) in [5.41, 5.74) is 1.35. The van der Waals surface area contributed by atoms with E-state index in [9.17, 15) is 0 Å². The lowest BCUT2D eigenvalue weighted by molar-refractivity contribution is -0.148. The molecule has 0 saturated carbocycles. The maximum atomic E-state index is 5.68. The number of likely N-dealkylation sites (N-methyl/N-ethyl adjacent to an activating group) is 1. The van der Waals surface area contributed by atoms with Gasteiger partial charge in [0.15, 0.2) is 5.79 Å². The molecule has 1 aromatic rings. The highest BCUT2D eigenvalue weighted by atomic mass is 16.7. The van der Waals surface area contributed by atoms with Crippen LogP contribution in [0.1, 0.15) is 39.2 Å². The van der Waals surface area contributed by atoms with E-state index in [0.29, 0.717) is 6.04 Å². The van der Waals surface area contributed by atoms with Crippen molar-refractivity contribution in [1.82, 2.24) is 4.90 Å². The Bertz CT molecular complexity index is 454. The van der Waals surface area contributed by atoms with Gasteiger partial charge in [0, 0.05) is 12.5 Å². The number of rotatable bonds is 9. The molecule has 1 unspecified atom stereocenters. The van der Waals surface area contributed by atoms with E-state index >= 15 is 0 Å². The quantitative estimate of drug-likeness (QED) is 0.696. The van der Waals surface area contributed by atoms with Gasteiger partial charge < -0.3 is 19.1 Å². The molecule has 130 valence electrons. The molecule has 0 radical (unpaired) electrons. The number of nitrogens with zero attached hydrogens (tertiary/aromatic N) is 1. The Morgan fingerprint density at radius 1 is 1.22 bits per heavy atom. The van der Waals surface area contributed by atoms with E-state index in [4.69, 9.17) is 14.2 Å². The van der Waals surface area contributed by atoms with Crippen molar-refractivity contribution in [2.75, 3.05) is 33.4 Å². The van der Waals surface area contributed by atoms with Crippen LogP contribution in [0.2, 0.25) is 0 Å². The molecular formula is C19H31NO3. The third kappa shape index (κ3) is 5.48. The van der Waals surface area contributed by atoms with Gasteiger partial charge in [0.25, 0.3) is 0 Å². The predicted octanol–water partition coefficient (Wildman–Crippen LogP) is 3.49. The highest BCUT2D eigenvalue weighted by molar-refractivity contribution is 5.27. The van der Waals surface area contributed by atoms with Gasteiger partial charge in [-0.1, -0.05) is 19.1 Å². The lowest BCUT2D eigenvalue weighted by Crippen LogP contribution is -2.36. The molecule has 1 aliphatic rings. The predicted molar refractivity (Wildman–Crippen MR) is 93.0 cm³/mol. The molecule has 1 heterocycles. The fourth-order valence-corrected chi connectivity index (χ4v) is 3.23. The van der Waals surface area contributed by atoms with Crippen LogP contribution >= 0.6 is 0 Å². The second-order valence-corrected chi connectivity index (χ2v) is 6.46. The second kappa shape index (κ2) is 8.67. The molecule has 1 fully saturated rings. The van der Waals surface area contributed by atoms with E-state index in [1.165, 1.54) is 5.56 Å². The number of methoxy groups -OCH3 is 1. The number of hydrogen-bond acceptors (Lipinski definition) is 4. The van der Waals surface area contributed by atoms with Crippen molar-refractivity contribution in [2.24, 2.45) is 0 Å². The molecule has 0 N–H and O–H groups in total. The fourth-order valence-electron chi connectivity index (χ4n) is 3.23. The minimum Gasteiger partial charge on any atom is -0.497 e. The summed E-state index contributed by atoms with van der Waals surface area (Å²) in [6.45, 7) is 10.2. The standard InChI is InChI=1S/C19H31NO3/c1-5-20(12-6-11-19(3)22-13-14-23-19)16(2)15-17-7-9-18(21-4)10-8-17/h7-10,16H,5-6,11-15H2,1-4H3. The van der Waals surface area contributed by atoms with Crippen molar-refractivity contribution < 1.29 is 14.2 Å². The summed E-state index contributed by atoms with van der Waals surface area (Å²) < 4.78 is 16.6. The van der Waals surface area contributed by atoms with Gasteiger partial charge in [-0.25, -0.2) is 0 Å². The third-order valence-corrected chi connectivity index (χ3v) is 4.69. The first-order chi connectivity index (χ1) is 11.1. The van der Waals surface area contributed by atoms with Crippen LogP contribution in [0.5, 0.6) is 5.75 Å². The van der Waals surface area contributed by atoms with E-state index in [-0.39, 0.29) is 5.79 Å². The molecule has 0 amide bonds. The Morgan fingerprint density at radius 3 is 2.43 bits per heavy atom. The Kier molecular flexibility index (Phi) is 6.88. The van der Waals surface area contributed by atoms with Gasteiger partial charge in [-0.2, -0.15) is 0 Å². The van der Waals surface area contributed by atoms with Crippen LogP contribution in [0.15, 0.2) is 24.3 Å². The maximum absolute atomic E-state index is 5.68. The Hall–Kier alpha value is -1.10. The Labute approximate surface area is 140 Å². The normalized spacial score (nSPS) is 18.3. The van der Waals surface area contributed by atoms with Crippen molar-refractivity contribution in [3.05, 3.63) is 29.8 Å². The summed E-state index contributed by atoms with van der Waals surface area (Å²) >= 11 is 0. The van der Waals surface area contributed by atoms with Gasteiger partial charge >= 0.3 is 0 Å². The maximum Gasteiger partial charge on any atom is 0.165 e. The first kappa shape index (κ1) is 18.2. The van der Waals surface area contributed by atoms with E-state index in [1.54, 1.807) is 7.11 Å². The van der Waals surface area contributed by atoms with E-state index in [0.717, 1.165) is 51.3 Å². The molecule has 1 aliphatic heterocycles. The number of ether oxygens (including phenoxy) is 3. The second-order valence-electron chi connectivity index (χ2n) is 6.46. The van der Waals surface area contributed by atoms with Gasteiger partial charge in [-0.05, 0) is 57.5 Å². The van der Waals surface area contributed by atoms with Gasteiger partial charge in [-0.3, -0.25) is 0 Å². The van der Waals surface area contributed by atoms with Crippen LogP contribution in [0, 0.1) is 0 Å². The zero-order valence-electron chi connectivity index (χ0n) is 15.0. The molecule has 4 nitrogen and oxygen atoms in total. The zero-order chi connectivity index (χ0) is 16.7. The van der Waals surface area contributed by atoms with Crippen molar-refractivity contribution in [2.45, 2.75) is 51.9 Å². The first-order valence-electron chi connectivity index (χ1n) is 8.71. The minimum absolute atomic E-state index is 0.362. The topological polar surface area (TPSA) is 30.9 Å². The highest BCUT2D eigenvalue weighted by Crippen LogP contribution is 2.24. The smallest absolute Gasteiger partial charge is 0.165 e. The number of hydrogen-bond donors (Lipinski definition) is 0. The summed E-state index contributed by atoms with van der Waals surface area (Å²) in [5, 5.41) is 0. The molecule has 0 bridgehead atoms. The lowest BCUT2D eigenvalue weighted by Gasteiger charge is -2.29. The largest absolute Gasteiger partial charge is 0.497 e. The summed E-state index contributed by atoms with van der Waals surface area (Å²) in [4.78, 5) is 2.53. The Morgan fingerprint density at radius 2 is 1.87 bits per heavy atom. The van der Waals surface area contributed by atoms with E-state index < -0.39 is 0 Å². The summed E-state index contributed by atoms with van der Waals surface area (Å²) in [6.07, 6.45) is 3.11. The van der Waals surface area contributed by atoms with Gasteiger partial charge in [0.1, 0.15) is 5.75 Å². The minimum atomic E-state index is -0.362. The summed E-state index contributed by atoms with van der Waals surface area (Å²) in [6, 6.07) is 8.91. The first-order valence-corrected chi connectivity index (χ1v) is 8.71. The van der Waals surface area contributed by atoms with Crippen molar-refractivity contribution >= 4 is 0 Å². The van der Waals surface area contributed by atoms with Crippen molar-refractivity contribution in [3.8, 4) is 5.75 Å². The summed E-state index contributed by atoms with van der Waals surface area (Å²) in [7, 11) is 1.70. The molecule has 0 spiro atoms. The molecule has 4 heteroatoms. The van der Waals surface area contributed by atoms with Crippen LogP contribution in [0.3, 0.4) is 0 Å². The van der Waals surface area contributed by atoms with E-state index in [1.807, 2.05) is 12.1 Å². The highest BCUT2D eigenvalue weighted by Gasteiger charge is 2.30.